The number of halogens is 1. The van der Waals surface area contributed by atoms with Crippen LogP contribution in [0.15, 0.2) is 23.6 Å². The molecular weight excluding hydrogens is 346 g/mol. The Labute approximate surface area is 149 Å². The molecule has 4 nitrogen and oxygen atoms in total. The summed E-state index contributed by atoms with van der Waals surface area (Å²) in [6.45, 7) is 1.55. The number of anilines is 1. The first-order chi connectivity index (χ1) is 11.5. The van der Waals surface area contributed by atoms with E-state index in [1.807, 2.05) is 12.3 Å². The minimum absolute atomic E-state index is 0.300. The van der Waals surface area contributed by atoms with Crippen molar-refractivity contribution in [2.75, 3.05) is 11.9 Å². The van der Waals surface area contributed by atoms with Gasteiger partial charge in [-0.25, -0.2) is 4.79 Å². The lowest BCUT2D eigenvalue weighted by Crippen LogP contribution is -2.21. The van der Waals surface area contributed by atoms with Gasteiger partial charge in [0, 0.05) is 21.0 Å². The number of esters is 1. The van der Waals surface area contributed by atoms with Crippen molar-refractivity contribution in [1.29, 1.82) is 0 Å². The molecule has 2 aromatic rings. The number of thiophene rings is 1. The highest BCUT2D eigenvalue weighted by molar-refractivity contribution is 7.10. The van der Waals surface area contributed by atoms with Gasteiger partial charge in [0.05, 0.1) is 5.56 Å². The maximum absolute atomic E-state index is 12.2. The number of carbonyl (C=O) groups excluding carboxylic acids is 2. The Bertz CT molecular complexity index is 785. The van der Waals surface area contributed by atoms with Crippen molar-refractivity contribution in [1.82, 2.24) is 0 Å². The van der Waals surface area contributed by atoms with Gasteiger partial charge >= 0.3 is 5.97 Å². The number of benzene rings is 1. The van der Waals surface area contributed by atoms with Crippen molar-refractivity contribution in [2.45, 2.75) is 32.6 Å². The topological polar surface area (TPSA) is 55.4 Å². The average Bonchev–Trinajstić information content (AvgIpc) is 2.99. The highest BCUT2D eigenvalue weighted by Gasteiger charge is 2.21. The minimum Gasteiger partial charge on any atom is -0.452 e. The second kappa shape index (κ2) is 7.36. The summed E-state index contributed by atoms with van der Waals surface area (Å²) in [6, 6.07) is 5.20. The number of aryl methyl sites for hydroxylation is 2. The molecule has 1 heterocycles. The smallest absolute Gasteiger partial charge is 0.339 e. The SMILES string of the molecule is Cc1cc(Cl)ccc1NC(=O)COC(=O)c1csc2c1CCCC2. The molecular formula is C18H18ClNO3S. The first-order valence-corrected chi connectivity index (χ1v) is 9.12. The Morgan fingerprint density at radius 2 is 2.08 bits per heavy atom. The molecule has 0 unspecified atom stereocenters. The monoisotopic (exact) mass is 363 g/mol. The van der Waals surface area contributed by atoms with E-state index in [1.54, 1.807) is 29.5 Å². The molecule has 0 saturated heterocycles. The Kier molecular flexibility index (Phi) is 5.21. The van der Waals surface area contributed by atoms with Crippen LogP contribution < -0.4 is 5.32 Å². The van der Waals surface area contributed by atoms with E-state index in [2.05, 4.69) is 5.32 Å². The van der Waals surface area contributed by atoms with Gasteiger partial charge in [-0.15, -0.1) is 11.3 Å². The van der Waals surface area contributed by atoms with Gasteiger partial charge in [-0.2, -0.15) is 0 Å². The van der Waals surface area contributed by atoms with Crippen LogP contribution in [0.25, 0.3) is 0 Å². The van der Waals surface area contributed by atoms with Gasteiger partial charge in [-0.3, -0.25) is 4.79 Å². The normalized spacial score (nSPS) is 13.2. The molecule has 6 heteroatoms. The summed E-state index contributed by atoms with van der Waals surface area (Å²) >= 11 is 7.50. The summed E-state index contributed by atoms with van der Waals surface area (Å²) in [5, 5.41) is 5.19. The van der Waals surface area contributed by atoms with Gasteiger partial charge in [0.15, 0.2) is 6.61 Å². The molecule has 3 rings (SSSR count). The molecule has 1 aromatic carbocycles. The van der Waals surface area contributed by atoms with Gasteiger partial charge in [0.25, 0.3) is 5.91 Å². The third-order valence-electron chi connectivity index (χ3n) is 4.08. The summed E-state index contributed by atoms with van der Waals surface area (Å²) in [4.78, 5) is 25.5. The largest absolute Gasteiger partial charge is 0.452 e. The van der Waals surface area contributed by atoms with E-state index in [4.69, 9.17) is 16.3 Å². The van der Waals surface area contributed by atoms with Crippen molar-refractivity contribution in [2.24, 2.45) is 0 Å². The second-order valence-corrected chi connectivity index (χ2v) is 7.24. The van der Waals surface area contributed by atoms with Crippen LogP contribution >= 0.6 is 22.9 Å². The molecule has 0 spiro atoms. The van der Waals surface area contributed by atoms with E-state index < -0.39 is 5.97 Å². The molecule has 1 aliphatic carbocycles. The van der Waals surface area contributed by atoms with Crippen molar-refractivity contribution < 1.29 is 14.3 Å². The van der Waals surface area contributed by atoms with Gasteiger partial charge in [-0.1, -0.05) is 11.6 Å². The van der Waals surface area contributed by atoms with E-state index >= 15 is 0 Å². The highest BCUT2D eigenvalue weighted by atomic mass is 35.5. The van der Waals surface area contributed by atoms with E-state index in [0.29, 0.717) is 16.3 Å². The molecule has 0 saturated carbocycles. The maximum Gasteiger partial charge on any atom is 0.339 e. The fraction of sp³-hybridized carbons (Fsp3) is 0.333. The first kappa shape index (κ1) is 17.0. The highest BCUT2D eigenvalue weighted by Crippen LogP contribution is 2.30. The van der Waals surface area contributed by atoms with Crippen LogP contribution in [0.2, 0.25) is 5.02 Å². The van der Waals surface area contributed by atoms with Crippen LogP contribution in [0, 0.1) is 6.92 Å². The zero-order valence-corrected chi connectivity index (χ0v) is 14.9. The van der Waals surface area contributed by atoms with Gasteiger partial charge in [-0.05, 0) is 61.9 Å². The van der Waals surface area contributed by atoms with Gasteiger partial charge in [0.1, 0.15) is 0 Å². The molecule has 0 bridgehead atoms. The van der Waals surface area contributed by atoms with Crippen LogP contribution in [0.1, 0.15) is 39.2 Å². The summed E-state index contributed by atoms with van der Waals surface area (Å²) in [6.07, 6.45) is 4.22. The van der Waals surface area contributed by atoms with Crippen LogP contribution in [-0.4, -0.2) is 18.5 Å². The Morgan fingerprint density at radius 1 is 1.29 bits per heavy atom. The standard InChI is InChI=1S/C18H18ClNO3S/c1-11-8-12(19)6-7-15(11)20-17(21)9-23-18(22)14-10-24-16-5-3-2-4-13(14)16/h6-8,10H,2-5,9H2,1H3,(H,20,21). The molecule has 1 amide bonds. The lowest BCUT2D eigenvalue weighted by atomic mass is 9.96. The number of hydrogen-bond acceptors (Lipinski definition) is 4. The van der Waals surface area contributed by atoms with Crippen LogP contribution in [0.3, 0.4) is 0 Å². The number of fused-ring (bicyclic) bond motifs is 1. The number of carbonyl (C=O) groups is 2. The van der Waals surface area contributed by atoms with Crippen molar-refractivity contribution in [3.8, 4) is 0 Å². The fourth-order valence-electron chi connectivity index (χ4n) is 2.83. The summed E-state index contributed by atoms with van der Waals surface area (Å²) in [5.74, 6) is -0.782. The molecule has 0 aliphatic heterocycles. The minimum atomic E-state index is -0.419. The summed E-state index contributed by atoms with van der Waals surface area (Å²) in [7, 11) is 0. The van der Waals surface area contributed by atoms with Crippen molar-refractivity contribution in [3.05, 3.63) is 50.2 Å². The molecule has 1 aliphatic rings. The van der Waals surface area contributed by atoms with Crippen LogP contribution in [0.4, 0.5) is 5.69 Å². The number of rotatable bonds is 4. The summed E-state index contributed by atoms with van der Waals surface area (Å²) < 4.78 is 5.18. The van der Waals surface area contributed by atoms with Crippen LogP contribution in [-0.2, 0) is 22.4 Å². The van der Waals surface area contributed by atoms with Crippen molar-refractivity contribution in [3.63, 3.8) is 0 Å². The number of hydrogen-bond donors (Lipinski definition) is 1. The van der Waals surface area contributed by atoms with E-state index in [-0.39, 0.29) is 12.5 Å². The maximum atomic E-state index is 12.2. The van der Waals surface area contributed by atoms with E-state index in [0.717, 1.165) is 30.4 Å². The second-order valence-electron chi connectivity index (χ2n) is 5.84. The summed E-state index contributed by atoms with van der Waals surface area (Å²) in [5.41, 5.74) is 3.23. The molecule has 24 heavy (non-hydrogen) atoms. The number of amides is 1. The first-order valence-electron chi connectivity index (χ1n) is 7.87. The Morgan fingerprint density at radius 3 is 2.88 bits per heavy atom. The lowest BCUT2D eigenvalue weighted by molar-refractivity contribution is -0.119. The molecule has 126 valence electrons. The predicted molar refractivity (Wildman–Crippen MR) is 96.1 cm³/mol. The molecule has 1 N–H and O–H groups in total. The van der Waals surface area contributed by atoms with Crippen LogP contribution in [0.5, 0.6) is 0 Å². The third-order valence-corrected chi connectivity index (χ3v) is 5.40. The zero-order valence-electron chi connectivity index (χ0n) is 13.4. The average molecular weight is 364 g/mol. The number of ether oxygens (including phenoxy) is 1. The molecule has 1 aromatic heterocycles. The van der Waals surface area contributed by atoms with Crippen molar-refractivity contribution >= 4 is 40.5 Å². The Hall–Kier alpha value is -1.85. The third kappa shape index (κ3) is 3.79. The fourth-order valence-corrected chi connectivity index (χ4v) is 4.17. The molecule has 0 fully saturated rings. The van der Waals surface area contributed by atoms with Gasteiger partial charge < -0.3 is 10.1 Å². The Balaban J connectivity index is 1.58. The molecule has 0 radical (unpaired) electrons. The quantitative estimate of drug-likeness (QED) is 0.820. The van der Waals surface area contributed by atoms with E-state index in [1.165, 1.54) is 11.3 Å². The van der Waals surface area contributed by atoms with E-state index in [9.17, 15) is 9.59 Å². The number of nitrogens with one attached hydrogen (secondary N) is 1. The van der Waals surface area contributed by atoms with Gasteiger partial charge in [0.2, 0.25) is 0 Å². The predicted octanol–water partition coefficient (Wildman–Crippen LogP) is 4.38. The molecule has 0 atom stereocenters. The lowest BCUT2D eigenvalue weighted by Gasteiger charge is -2.12. The zero-order chi connectivity index (χ0) is 17.1.